The van der Waals surface area contributed by atoms with Gasteiger partial charge in [0.2, 0.25) is 0 Å². The van der Waals surface area contributed by atoms with Crippen LogP contribution in [0.3, 0.4) is 0 Å². The first-order valence-electron chi connectivity index (χ1n) is 3.68. The molecule has 4 nitrogen and oxygen atoms in total. The molecular formula is C8H7N3OS. The number of thiophene rings is 1. The summed E-state index contributed by atoms with van der Waals surface area (Å²) in [6.45, 7) is 0. The minimum Gasteiger partial charge on any atom is -0.321 e. The highest BCUT2D eigenvalue weighted by atomic mass is 32.1. The second-order valence-corrected chi connectivity index (χ2v) is 3.23. The molecule has 0 saturated heterocycles. The number of carbonyl (C=O) groups is 1. The van der Waals surface area contributed by atoms with Crippen molar-refractivity contribution < 1.29 is 4.79 Å². The number of nitrogens with zero attached hydrogens (tertiary/aromatic N) is 1. The Balaban J connectivity index is 2.08. The zero-order chi connectivity index (χ0) is 9.10. The van der Waals surface area contributed by atoms with E-state index in [1.54, 1.807) is 17.5 Å². The number of hydrogen-bond acceptors (Lipinski definition) is 3. The van der Waals surface area contributed by atoms with E-state index in [0.717, 1.165) is 5.69 Å². The molecule has 0 fully saturated rings. The van der Waals surface area contributed by atoms with E-state index in [4.69, 9.17) is 0 Å². The van der Waals surface area contributed by atoms with E-state index in [1.807, 2.05) is 16.8 Å². The van der Waals surface area contributed by atoms with Crippen LogP contribution >= 0.6 is 11.3 Å². The van der Waals surface area contributed by atoms with Crippen LogP contribution in [-0.2, 0) is 0 Å². The van der Waals surface area contributed by atoms with Gasteiger partial charge in [0.1, 0.15) is 0 Å². The summed E-state index contributed by atoms with van der Waals surface area (Å²) in [4.78, 5) is 11.4. The molecule has 0 saturated carbocycles. The van der Waals surface area contributed by atoms with Crippen molar-refractivity contribution in [1.29, 1.82) is 0 Å². The smallest absolute Gasteiger partial charge is 0.258 e. The number of aromatic nitrogens is 2. The molecule has 2 rings (SSSR count). The second kappa shape index (κ2) is 3.40. The molecule has 13 heavy (non-hydrogen) atoms. The highest BCUT2D eigenvalue weighted by molar-refractivity contribution is 7.08. The van der Waals surface area contributed by atoms with E-state index < -0.39 is 0 Å². The number of amides is 1. The molecule has 2 N–H and O–H groups in total. The van der Waals surface area contributed by atoms with E-state index in [1.165, 1.54) is 6.20 Å². The van der Waals surface area contributed by atoms with E-state index in [9.17, 15) is 4.79 Å². The van der Waals surface area contributed by atoms with Gasteiger partial charge in [-0.1, -0.05) is 0 Å². The van der Waals surface area contributed by atoms with Gasteiger partial charge in [-0.3, -0.25) is 9.89 Å². The number of hydrogen-bond donors (Lipinski definition) is 2. The van der Waals surface area contributed by atoms with Crippen molar-refractivity contribution in [3.8, 4) is 0 Å². The third kappa shape index (κ3) is 1.75. The summed E-state index contributed by atoms with van der Waals surface area (Å²) >= 11 is 1.54. The highest BCUT2D eigenvalue weighted by Gasteiger charge is 2.06. The maximum Gasteiger partial charge on any atom is 0.258 e. The SMILES string of the molecule is O=C(Nc1ccsc1)c1cn[nH]c1. The molecule has 66 valence electrons. The van der Waals surface area contributed by atoms with Gasteiger partial charge in [-0.25, -0.2) is 0 Å². The van der Waals surface area contributed by atoms with Crippen LogP contribution in [0.2, 0.25) is 0 Å². The van der Waals surface area contributed by atoms with Gasteiger partial charge in [0, 0.05) is 11.6 Å². The minimum absolute atomic E-state index is 0.146. The molecule has 0 aromatic carbocycles. The lowest BCUT2D eigenvalue weighted by molar-refractivity contribution is 0.102. The number of carbonyl (C=O) groups excluding carboxylic acids is 1. The predicted molar refractivity (Wildman–Crippen MR) is 50.9 cm³/mol. The number of anilines is 1. The maximum absolute atomic E-state index is 11.4. The zero-order valence-electron chi connectivity index (χ0n) is 6.65. The van der Waals surface area contributed by atoms with E-state index in [-0.39, 0.29) is 5.91 Å². The Labute approximate surface area is 78.6 Å². The Morgan fingerprint density at radius 3 is 3.15 bits per heavy atom. The molecule has 0 unspecified atom stereocenters. The Morgan fingerprint density at radius 1 is 1.62 bits per heavy atom. The van der Waals surface area contributed by atoms with E-state index in [0.29, 0.717) is 5.56 Å². The number of rotatable bonds is 2. The monoisotopic (exact) mass is 193 g/mol. The molecule has 0 radical (unpaired) electrons. The molecule has 2 heterocycles. The number of aromatic amines is 1. The van der Waals surface area contributed by atoms with Crippen molar-refractivity contribution in [2.24, 2.45) is 0 Å². The van der Waals surface area contributed by atoms with Crippen molar-refractivity contribution >= 4 is 22.9 Å². The van der Waals surface area contributed by atoms with Crippen molar-refractivity contribution in [2.75, 3.05) is 5.32 Å². The summed E-state index contributed by atoms with van der Waals surface area (Å²) in [7, 11) is 0. The Bertz CT molecular complexity index is 379. The number of nitrogens with one attached hydrogen (secondary N) is 2. The molecule has 2 aromatic heterocycles. The van der Waals surface area contributed by atoms with E-state index in [2.05, 4.69) is 15.5 Å². The lowest BCUT2D eigenvalue weighted by Crippen LogP contribution is -2.09. The summed E-state index contributed by atoms with van der Waals surface area (Å²) in [6, 6.07) is 1.85. The van der Waals surface area contributed by atoms with Gasteiger partial charge in [0.25, 0.3) is 5.91 Å². The van der Waals surface area contributed by atoms with Gasteiger partial charge in [0.05, 0.1) is 17.4 Å². The molecule has 0 aliphatic heterocycles. The maximum atomic E-state index is 11.4. The Morgan fingerprint density at radius 2 is 2.54 bits per heavy atom. The van der Waals surface area contributed by atoms with Gasteiger partial charge in [-0.2, -0.15) is 16.4 Å². The predicted octanol–water partition coefficient (Wildman–Crippen LogP) is 1.72. The largest absolute Gasteiger partial charge is 0.321 e. The van der Waals surface area contributed by atoms with Crippen LogP contribution in [0.4, 0.5) is 5.69 Å². The minimum atomic E-state index is -0.146. The van der Waals surface area contributed by atoms with Crippen LogP contribution in [0.5, 0.6) is 0 Å². The van der Waals surface area contributed by atoms with Crippen molar-refractivity contribution in [3.63, 3.8) is 0 Å². The fourth-order valence-corrected chi connectivity index (χ4v) is 1.50. The molecule has 2 aromatic rings. The lowest BCUT2D eigenvalue weighted by Gasteiger charge is -1.97. The first-order chi connectivity index (χ1) is 6.36. The molecule has 5 heteroatoms. The first kappa shape index (κ1) is 8.00. The molecular weight excluding hydrogens is 186 g/mol. The summed E-state index contributed by atoms with van der Waals surface area (Å²) < 4.78 is 0. The van der Waals surface area contributed by atoms with Gasteiger partial charge in [0.15, 0.2) is 0 Å². The second-order valence-electron chi connectivity index (χ2n) is 2.45. The summed E-state index contributed by atoms with van der Waals surface area (Å²) in [5.41, 5.74) is 1.35. The van der Waals surface area contributed by atoms with Crippen molar-refractivity contribution in [3.05, 3.63) is 34.8 Å². The summed E-state index contributed by atoms with van der Waals surface area (Å²) in [5, 5.41) is 12.8. The van der Waals surface area contributed by atoms with Crippen LogP contribution in [0.1, 0.15) is 10.4 Å². The normalized spacial score (nSPS) is 9.85. The third-order valence-electron chi connectivity index (χ3n) is 1.54. The highest BCUT2D eigenvalue weighted by Crippen LogP contribution is 2.12. The van der Waals surface area contributed by atoms with Gasteiger partial charge in [-0.15, -0.1) is 0 Å². The van der Waals surface area contributed by atoms with Crippen molar-refractivity contribution in [2.45, 2.75) is 0 Å². The van der Waals surface area contributed by atoms with Crippen LogP contribution in [0, 0.1) is 0 Å². The van der Waals surface area contributed by atoms with Gasteiger partial charge in [-0.05, 0) is 11.4 Å². The zero-order valence-corrected chi connectivity index (χ0v) is 7.47. The number of H-pyrrole nitrogens is 1. The fraction of sp³-hybridized carbons (Fsp3) is 0. The van der Waals surface area contributed by atoms with Crippen molar-refractivity contribution in [1.82, 2.24) is 10.2 Å². The van der Waals surface area contributed by atoms with Crippen LogP contribution in [0.25, 0.3) is 0 Å². The van der Waals surface area contributed by atoms with Gasteiger partial charge >= 0.3 is 0 Å². The quantitative estimate of drug-likeness (QED) is 0.763. The standard InChI is InChI=1S/C8H7N3OS/c12-8(6-3-9-10-4-6)11-7-1-2-13-5-7/h1-5H,(H,9,10)(H,11,12). The average molecular weight is 193 g/mol. The van der Waals surface area contributed by atoms with Crippen LogP contribution < -0.4 is 5.32 Å². The Kier molecular flexibility index (Phi) is 2.09. The first-order valence-corrected chi connectivity index (χ1v) is 4.63. The van der Waals surface area contributed by atoms with Gasteiger partial charge < -0.3 is 5.32 Å². The van der Waals surface area contributed by atoms with E-state index >= 15 is 0 Å². The molecule has 0 atom stereocenters. The van der Waals surface area contributed by atoms with Crippen LogP contribution in [-0.4, -0.2) is 16.1 Å². The molecule has 0 aliphatic rings. The molecule has 0 aliphatic carbocycles. The average Bonchev–Trinajstić information content (AvgIpc) is 2.74. The fourth-order valence-electron chi connectivity index (χ4n) is 0.914. The Hall–Kier alpha value is -1.62. The molecule has 0 spiro atoms. The summed E-state index contributed by atoms with van der Waals surface area (Å²) in [5.74, 6) is -0.146. The lowest BCUT2D eigenvalue weighted by atomic mass is 10.3. The summed E-state index contributed by atoms with van der Waals surface area (Å²) in [6.07, 6.45) is 3.05. The topological polar surface area (TPSA) is 57.8 Å². The molecule has 1 amide bonds. The van der Waals surface area contributed by atoms with Crippen LogP contribution in [0.15, 0.2) is 29.2 Å². The third-order valence-corrected chi connectivity index (χ3v) is 2.22. The molecule has 0 bridgehead atoms.